The number of hydrogen-bond acceptors (Lipinski definition) is 3. The normalized spacial score (nSPS) is 10.9. The molecule has 4 heteroatoms. The zero-order chi connectivity index (χ0) is 13.9. The minimum atomic E-state index is 0.460. The number of rotatable bonds is 3. The molecule has 0 aliphatic rings. The van der Waals surface area contributed by atoms with Crippen LogP contribution >= 0.6 is 11.6 Å². The topological polar surface area (TPSA) is 38.7 Å². The maximum atomic E-state index is 6.08. The van der Waals surface area contributed by atoms with Gasteiger partial charge in [0, 0.05) is 22.7 Å². The zero-order valence-electron chi connectivity index (χ0n) is 11.2. The Morgan fingerprint density at radius 3 is 2.50 bits per heavy atom. The van der Waals surface area contributed by atoms with Crippen molar-refractivity contribution < 1.29 is 0 Å². The van der Waals surface area contributed by atoms with Gasteiger partial charge in [-0.05, 0) is 31.4 Å². The van der Waals surface area contributed by atoms with Gasteiger partial charge in [-0.3, -0.25) is 4.98 Å². The molecule has 3 rings (SSSR count). The summed E-state index contributed by atoms with van der Waals surface area (Å²) < 4.78 is 0. The predicted molar refractivity (Wildman–Crippen MR) is 80.9 cm³/mol. The van der Waals surface area contributed by atoms with E-state index in [4.69, 9.17) is 11.6 Å². The van der Waals surface area contributed by atoms with Crippen molar-refractivity contribution in [2.24, 2.45) is 0 Å². The number of nitrogens with zero attached hydrogens (tertiary/aromatic N) is 3. The lowest BCUT2D eigenvalue weighted by atomic mass is 10.1. The Balaban J connectivity index is 1.88. The molecule has 2 heterocycles. The molecule has 0 fully saturated rings. The Morgan fingerprint density at radius 1 is 0.950 bits per heavy atom. The van der Waals surface area contributed by atoms with Gasteiger partial charge in [-0.25, -0.2) is 0 Å². The van der Waals surface area contributed by atoms with Gasteiger partial charge >= 0.3 is 0 Å². The standard InChI is InChI=1S/C16H14ClN3/c1-11-6-7-12(10-18-11)8-9-15-13-4-2-3-5-14(13)16(17)20-19-15/h2-7,10H,8-9H2,1H3. The molecule has 20 heavy (non-hydrogen) atoms. The molecule has 0 saturated heterocycles. The molecule has 3 aromatic rings. The summed E-state index contributed by atoms with van der Waals surface area (Å²) in [5, 5.41) is 10.8. The first-order valence-electron chi connectivity index (χ1n) is 6.55. The molecule has 1 aromatic carbocycles. The van der Waals surface area contributed by atoms with Crippen LogP contribution in [0, 0.1) is 6.92 Å². The van der Waals surface area contributed by atoms with Crippen LogP contribution in [0.4, 0.5) is 0 Å². The van der Waals surface area contributed by atoms with Gasteiger partial charge in [0.05, 0.1) is 5.69 Å². The molecule has 0 bridgehead atoms. The van der Waals surface area contributed by atoms with Gasteiger partial charge in [-0.15, -0.1) is 5.10 Å². The highest BCUT2D eigenvalue weighted by Gasteiger charge is 2.07. The van der Waals surface area contributed by atoms with E-state index in [1.165, 1.54) is 5.56 Å². The highest BCUT2D eigenvalue weighted by atomic mass is 35.5. The van der Waals surface area contributed by atoms with Crippen LogP contribution in [0.25, 0.3) is 10.8 Å². The molecule has 2 aromatic heterocycles. The fourth-order valence-electron chi connectivity index (χ4n) is 2.22. The first-order chi connectivity index (χ1) is 9.74. The molecule has 0 atom stereocenters. The summed E-state index contributed by atoms with van der Waals surface area (Å²) >= 11 is 6.08. The predicted octanol–water partition coefficient (Wildman–Crippen LogP) is 3.77. The van der Waals surface area contributed by atoms with E-state index in [9.17, 15) is 0 Å². The quantitative estimate of drug-likeness (QED) is 0.734. The van der Waals surface area contributed by atoms with E-state index < -0.39 is 0 Å². The Kier molecular flexibility index (Phi) is 3.61. The Morgan fingerprint density at radius 2 is 1.75 bits per heavy atom. The van der Waals surface area contributed by atoms with Crippen LogP contribution in [0.3, 0.4) is 0 Å². The minimum absolute atomic E-state index is 0.460. The van der Waals surface area contributed by atoms with E-state index in [1.807, 2.05) is 43.5 Å². The van der Waals surface area contributed by atoms with E-state index in [1.54, 1.807) is 0 Å². The van der Waals surface area contributed by atoms with Crippen LogP contribution < -0.4 is 0 Å². The molecule has 0 amide bonds. The van der Waals surface area contributed by atoms with Gasteiger partial charge in [-0.2, -0.15) is 5.10 Å². The van der Waals surface area contributed by atoms with Crippen LogP contribution in [0.5, 0.6) is 0 Å². The van der Waals surface area contributed by atoms with Crippen molar-refractivity contribution in [1.29, 1.82) is 0 Å². The number of fused-ring (bicyclic) bond motifs is 1. The maximum absolute atomic E-state index is 6.08. The maximum Gasteiger partial charge on any atom is 0.159 e. The fraction of sp³-hybridized carbons (Fsp3) is 0.188. The summed E-state index contributed by atoms with van der Waals surface area (Å²) in [6, 6.07) is 12.1. The van der Waals surface area contributed by atoms with E-state index in [0.717, 1.165) is 35.0 Å². The molecule has 0 unspecified atom stereocenters. The molecule has 0 spiro atoms. The largest absolute Gasteiger partial charge is 0.261 e. The number of pyridine rings is 1. The van der Waals surface area contributed by atoms with Crippen molar-refractivity contribution in [2.45, 2.75) is 19.8 Å². The minimum Gasteiger partial charge on any atom is -0.261 e. The summed E-state index contributed by atoms with van der Waals surface area (Å²) in [5.74, 6) is 0. The summed E-state index contributed by atoms with van der Waals surface area (Å²) in [4.78, 5) is 4.31. The summed E-state index contributed by atoms with van der Waals surface area (Å²) in [7, 11) is 0. The monoisotopic (exact) mass is 283 g/mol. The van der Waals surface area contributed by atoms with Crippen LogP contribution in [-0.2, 0) is 12.8 Å². The van der Waals surface area contributed by atoms with E-state index >= 15 is 0 Å². The van der Waals surface area contributed by atoms with Gasteiger partial charge in [0.1, 0.15) is 0 Å². The molecular weight excluding hydrogens is 270 g/mol. The highest BCUT2D eigenvalue weighted by molar-refractivity contribution is 6.34. The average molecular weight is 284 g/mol. The molecule has 0 aliphatic heterocycles. The Hall–Kier alpha value is -2.00. The Bertz CT molecular complexity index is 738. The highest BCUT2D eigenvalue weighted by Crippen LogP contribution is 2.23. The lowest BCUT2D eigenvalue weighted by Gasteiger charge is -2.06. The van der Waals surface area contributed by atoms with Gasteiger partial charge in [-0.1, -0.05) is 41.9 Å². The second-order valence-electron chi connectivity index (χ2n) is 4.79. The smallest absolute Gasteiger partial charge is 0.159 e. The van der Waals surface area contributed by atoms with Crippen molar-refractivity contribution in [2.75, 3.05) is 0 Å². The van der Waals surface area contributed by atoms with E-state index in [0.29, 0.717) is 5.15 Å². The van der Waals surface area contributed by atoms with Gasteiger partial charge in [0.2, 0.25) is 0 Å². The molecule has 0 N–H and O–H groups in total. The second-order valence-corrected chi connectivity index (χ2v) is 5.15. The average Bonchev–Trinajstić information content (AvgIpc) is 2.49. The van der Waals surface area contributed by atoms with Gasteiger partial charge in [0.25, 0.3) is 0 Å². The number of hydrogen-bond donors (Lipinski definition) is 0. The molecule has 3 nitrogen and oxygen atoms in total. The van der Waals surface area contributed by atoms with E-state index in [2.05, 4.69) is 21.2 Å². The number of benzene rings is 1. The van der Waals surface area contributed by atoms with Crippen molar-refractivity contribution in [1.82, 2.24) is 15.2 Å². The van der Waals surface area contributed by atoms with Gasteiger partial charge < -0.3 is 0 Å². The number of aryl methyl sites for hydroxylation is 3. The third-order valence-electron chi connectivity index (χ3n) is 3.34. The van der Waals surface area contributed by atoms with Crippen molar-refractivity contribution in [3.05, 3.63) is 64.7 Å². The lowest BCUT2D eigenvalue weighted by Crippen LogP contribution is -1.99. The third kappa shape index (κ3) is 2.63. The first-order valence-corrected chi connectivity index (χ1v) is 6.93. The van der Waals surface area contributed by atoms with Crippen LogP contribution in [0.15, 0.2) is 42.6 Å². The first kappa shape index (κ1) is 13.0. The van der Waals surface area contributed by atoms with Gasteiger partial charge in [0.15, 0.2) is 5.15 Å². The molecule has 0 saturated carbocycles. The fourth-order valence-corrected chi connectivity index (χ4v) is 2.42. The number of aromatic nitrogens is 3. The molecule has 0 radical (unpaired) electrons. The van der Waals surface area contributed by atoms with Crippen LogP contribution in [0.1, 0.15) is 17.0 Å². The third-order valence-corrected chi connectivity index (χ3v) is 3.62. The number of halogens is 1. The summed E-state index contributed by atoms with van der Waals surface area (Å²) in [6.45, 7) is 1.99. The van der Waals surface area contributed by atoms with Crippen molar-refractivity contribution in [3.8, 4) is 0 Å². The molecule has 0 aliphatic carbocycles. The second kappa shape index (κ2) is 5.55. The Labute approximate surface area is 122 Å². The molecular formula is C16H14ClN3. The van der Waals surface area contributed by atoms with Crippen LogP contribution in [-0.4, -0.2) is 15.2 Å². The zero-order valence-corrected chi connectivity index (χ0v) is 11.9. The lowest BCUT2D eigenvalue weighted by molar-refractivity contribution is 0.869. The SMILES string of the molecule is Cc1ccc(CCc2nnc(Cl)c3ccccc23)cn1. The van der Waals surface area contributed by atoms with Crippen molar-refractivity contribution >= 4 is 22.4 Å². The summed E-state index contributed by atoms with van der Waals surface area (Å²) in [6.07, 6.45) is 3.64. The summed E-state index contributed by atoms with van der Waals surface area (Å²) in [5.41, 5.74) is 3.22. The van der Waals surface area contributed by atoms with E-state index in [-0.39, 0.29) is 0 Å². The van der Waals surface area contributed by atoms with Crippen molar-refractivity contribution in [3.63, 3.8) is 0 Å². The molecule has 100 valence electrons. The van der Waals surface area contributed by atoms with Crippen LogP contribution in [0.2, 0.25) is 5.15 Å².